The van der Waals surface area contributed by atoms with Gasteiger partial charge in [-0.05, 0) is 36.9 Å². The van der Waals surface area contributed by atoms with Crippen molar-refractivity contribution in [3.05, 3.63) is 29.8 Å². The van der Waals surface area contributed by atoms with Gasteiger partial charge in [-0.2, -0.15) is 0 Å². The van der Waals surface area contributed by atoms with Gasteiger partial charge in [0.05, 0.1) is 0 Å². The van der Waals surface area contributed by atoms with Gasteiger partial charge in [0.25, 0.3) is 0 Å². The summed E-state index contributed by atoms with van der Waals surface area (Å²) in [5, 5.41) is 3.38. The van der Waals surface area contributed by atoms with Gasteiger partial charge < -0.3 is 5.32 Å². The second-order valence-electron chi connectivity index (χ2n) is 3.02. The lowest BCUT2D eigenvalue weighted by atomic mass is 10.2. The van der Waals surface area contributed by atoms with Crippen LogP contribution in [0.1, 0.15) is 32.8 Å². The molecule has 0 amide bonds. The predicted octanol–water partition coefficient (Wildman–Crippen LogP) is 3.93. The Bertz CT molecular complexity index is 231. The maximum absolute atomic E-state index is 3.38. The van der Waals surface area contributed by atoms with Crippen molar-refractivity contribution in [3.8, 4) is 0 Å². The van der Waals surface area contributed by atoms with Crippen molar-refractivity contribution in [1.82, 2.24) is 5.32 Å². The first kappa shape index (κ1) is 14.5. The van der Waals surface area contributed by atoms with Crippen molar-refractivity contribution in [2.24, 2.45) is 0 Å². The first-order chi connectivity index (χ1) is 7.36. The van der Waals surface area contributed by atoms with E-state index >= 15 is 0 Å². The van der Waals surface area contributed by atoms with Crippen molar-refractivity contribution < 1.29 is 0 Å². The van der Waals surface area contributed by atoms with Crippen LogP contribution in [-0.4, -0.2) is 12.8 Å². The molecule has 2 heteroatoms. The van der Waals surface area contributed by atoms with Gasteiger partial charge in [0, 0.05) is 11.4 Å². The number of benzene rings is 1. The van der Waals surface area contributed by atoms with Crippen molar-refractivity contribution in [2.45, 2.75) is 38.6 Å². The summed E-state index contributed by atoms with van der Waals surface area (Å²) in [6, 6.07) is 8.73. The minimum absolute atomic E-state index is 0.989. The van der Waals surface area contributed by atoms with Crippen LogP contribution in [0.2, 0.25) is 0 Å². The summed E-state index contributed by atoms with van der Waals surface area (Å²) in [7, 11) is 0. The molecule has 0 aromatic heterocycles. The molecule has 1 nitrogen and oxygen atoms in total. The zero-order valence-corrected chi connectivity index (χ0v) is 11.2. The smallest absolute Gasteiger partial charge is 0.0205 e. The predicted molar refractivity (Wildman–Crippen MR) is 71.6 cm³/mol. The summed E-state index contributed by atoms with van der Waals surface area (Å²) < 4.78 is 0. The molecule has 1 aromatic carbocycles. The molecule has 1 rings (SSSR count). The molecule has 86 valence electrons. The maximum atomic E-state index is 3.38. The maximum Gasteiger partial charge on any atom is 0.0205 e. The number of thioether (sulfide) groups is 1. The second kappa shape index (κ2) is 10.1. The van der Waals surface area contributed by atoms with E-state index in [0.29, 0.717) is 0 Å². The number of hydrogen-bond acceptors (Lipinski definition) is 2. The van der Waals surface area contributed by atoms with Gasteiger partial charge in [0.2, 0.25) is 0 Å². The van der Waals surface area contributed by atoms with Gasteiger partial charge in [-0.1, -0.05) is 32.9 Å². The average molecular weight is 225 g/mol. The molecule has 0 saturated heterocycles. The van der Waals surface area contributed by atoms with Gasteiger partial charge in [-0.25, -0.2) is 0 Å². The van der Waals surface area contributed by atoms with Crippen LogP contribution >= 0.6 is 11.8 Å². The average Bonchev–Trinajstić information content (AvgIpc) is 2.33. The summed E-state index contributed by atoms with van der Waals surface area (Å²) in [6.45, 7) is 8.27. The molecule has 1 N–H and O–H groups in total. The number of nitrogens with one attached hydrogen (secondary N) is 1. The monoisotopic (exact) mass is 225 g/mol. The Morgan fingerprint density at radius 2 is 1.73 bits per heavy atom. The normalized spacial score (nSPS) is 9.33. The summed E-state index contributed by atoms with van der Waals surface area (Å²) in [4.78, 5) is 1.33. The lowest BCUT2D eigenvalue weighted by molar-refractivity contribution is 0.675. The standard InChI is InChI=1S/C11H17NS.C2H6/c1-3-8-12-9-10-4-6-11(13-2)7-5-10;1-2/h4-7,12H,3,8-9H2,1-2H3;1-2H3. The van der Waals surface area contributed by atoms with E-state index in [9.17, 15) is 0 Å². The van der Waals surface area contributed by atoms with Crippen molar-refractivity contribution in [3.63, 3.8) is 0 Å². The molecule has 0 aliphatic heterocycles. The molecule has 0 aliphatic rings. The largest absolute Gasteiger partial charge is 0.313 e. The van der Waals surface area contributed by atoms with Crippen molar-refractivity contribution >= 4 is 11.8 Å². The zero-order valence-electron chi connectivity index (χ0n) is 10.3. The molecule has 1 aromatic rings. The third kappa shape index (κ3) is 6.58. The van der Waals surface area contributed by atoms with Gasteiger partial charge in [0.15, 0.2) is 0 Å². The van der Waals surface area contributed by atoms with Crippen LogP contribution in [0.3, 0.4) is 0 Å². The Morgan fingerprint density at radius 1 is 1.13 bits per heavy atom. The van der Waals surface area contributed by atoms with E-state index in [4.69, 9.17) is 0 Å². The van der Waals surface area contributed by atoms with E-state index in [1.54, 1.807) is 11.8 Å². The first-order valence-electron chi connectivity index (χ1n) is 5.70. The van der Waals surface area contributed by atoms with E-state index < -0.39 is 0 Å². The quantitative estimate of drug-likeness (QED) is 0.602. The Balaban J connectivity index is 0.000000921. The van der Waals surface area contributed by atoms with Gasteiger partial charge in [-0.15, -0.1) is 11.8 Å². The molecule has 15 heavy (non-hydrogen) atoms. The fraction of sp³-hybridized carbons (Fsp3) is 0.538. The van der Waals surface area contributed by atoms with Crippen LogP contribution in [-0.2, 0) is 6.54 Å². The topological polar surface area (TPSA) is 12.0 Å². The minimum atomic E-state index is 0.989. The van der Waals surface area contributed by atoms with E-state index in [1.807, 2.05) is 13.8 Å². The minimum Gasteiger partial charge on any atom is -0.313 e. The molecule has 0 heterocycles. The molecule has 0 aliphatic carbocycles. The molecular weight excluding hydrogens is 202 g/mol. The summed E-state index contributed by atoms with van der Waals surface area (Å²) in [5.41, 5.74) is 1.37. The Kier molecular flexibility index (Phi) is 9.75. The summed E-state index contributed by atoms with van der Waals surface area (Å²) in [5.74, 6) is 0. The SMILES string of the molecule is CC.CCCNCc1ccc(SC)cc1. The summed E-state index contributed by atoms with van der Waals surface area (Å²) in [6.07, 6.45) is 3.30. The number of rotatable bonds is 5. The van der Waals surface area contributed by atoms with Crippen LogP contribution in [0.15, 0.2) is 29.2 Å². The van der Waals surface area contributed by atoms with E-state index in [1.165, 1.54) is 16.9 Å². The highest BCUT2D eigenvalue weighted by Crippen LogP contribution is 2.14. The molecule has 0 spiro atoms. The highest BCUT2D eigenvalue weighted by Gasteiger charge is 1.92. The van der Waals surface area contributed by atoms with E-state index in [2.05, 4.69) is 42.8 Å². The van der Waals surface area contributed by atoms with Gasteiger partial charge in [-0.3, -0.25) is 0 Å². The molecular formula is C13H23NS. The van der Waals surface area contributed by atoms with Crippen LogP contribution in [0.5, 0.6) is 0 Å². The second-order valence-corrected chi connectivity index (χ2v) is 3.90. The molecule has 0 atom stereocenters. The molecule has 0 saturated carbocycles. The first-order valence-corrected chi connectivity index (χ1v) is 6.93. The molecule has 0 fully saturated rings. The van der Waals surface area contributed by atoms with Crippen molar-refractivity contribution in [1.29, 1.82) is 0 Å². The third-order valence-corrected chi connectivity index (χ3v) is 2.66. The highest BCUT2D eigenvalue weighted by atomic mass is 32.2. The van der Waals surface area contributed by atoms with Crippen LogP contribution in [0, 0.1) is 0 Å². The Labute approximate surface area is 98.7 Å². The molecule has 0 radical (unpaired) electrons. The summed E-state index contributed by atoms with van der Waals surface area (Å²) >= 11 is 1.79. The van der Waals surface area contributed by atoms with Crippen LogP contribution < -0.4 is 5.32 Å². The Morgan fingerprint density at radius 3 is 2.20 bits per heavy atom. The van der Waals surface area contributed by atoms with Crippen LogP contribution in [0.4, 0.5) is 0 Å². The fourth-order valence-electron chi connectivity index (χ4n) is 1.15. The van der Waals surface area contributed by atoms with E-state index in [-0.39, 0.29) is 0 Å². The van der Waals surface area contributed by atoms with E-state index in [0.717, 1.165) is 13.1 Å². The van der Waals surface area contributed by atoms with Crippen molar-refractivity contribution in [2.75, 3.05) is 12.8 Å². The highest BCUT2D eigenvalue weighted by molar-refractivity contribution is 7.98. The zero-order chi connectivity index (χ0) is 11.5. The molecule has 0 unspecified atom stereocenters. The Hall–Kier alpha value is -0.470. The van der Waals surface area contributed by atoms with Gasteiger partial charge in [0.1, 0.15) is 0 Å². The lowest BCUT2D eigenvalue weighted by Gasteiger charge is -2.03. The van der Waals surface area contributed by atoms with Crippen LogP contribution in [0.25, 0.3) is 0 Å². The third-order valence-electron chi connectivity index (χ3n) is 1.91. The number of hydrogen-bond donors (Lipinski definition) is 1. The lowest BCUT2D eigenvalue weighted by Crippen LogP contribution is -2.13. The molecule has 0 bridgehead atoms. The van der Waals surface area contributed by atoms with Gasteiger partial charge >= 0.3 is 0 Å². The fourth-order valence-corrected chi connectivity index (χ4v) is 1.56.